The van der Waals surface area contributed by atoms with Crippen molar-refractivity contribution in [3.8, 4) is 0 Å². The normalized spacial score (nSPS) is 15.6. The van der Waals surface area contributed by atoms with Crippen LogP contribution in [0.15, 0.2) is 24.3 Å². The molecule has 2 rings (SSSR count). The number of carbonyl (C=O) groups excluding carboxylic acids is 2. The van der Waals surface area contributed by atoms with Gasteiger partial charge in [0.2, 0.25) is 5.91 Å². The van der Waals surface area contributed by atoms with Crippen LogP contribution in [0.1, 0.15) is 50.9 Å². The van der Waals surface area contributed by atoms with Crippen molar-refractivity contribution in [2.75, 3.05) is 18.4 Å². The first-order chi connectivity index (χ1) is 11.7. The summed E-state index contributed by atoms with van der Waals surface area (Å²) in [6, 6.07) is 7.22. The highest BCUT2D eigenvalue weighted by molar-refractivity contribution is 7.80. The van der Waals surface area contributed by atoms with E-state index in [4.69, 9.17) is 12.2 Å². The second-order valence-electron chi connectivity index (χ2n) is 7.71. The fourth-order valence-corrected chi connectivity index (χ4v) is 2.79. The molecule has 0 aliphatic carbocycles. The number of likely N-dealkylation sites (tertiary alicyclic amines) is 1. The maximum absolute atomic E-state index is 12.6. The summed E-state index contributed by atoms with van der Waals surface area (Å²) >= 11 is 5.19. The fraction of sp³-hybridized carbons (Fsp3) is 0.526. The Morgan fingerprint density at radius 3 is 2.44 bits per heavy atom. The van der Waals surface area contributed by atoms with E-state index in [-0.39, 0.29) is 16.9 Å². The van der Waals surface area contributed by atoms with Crippen LogP contribution in [0.25, 0.3) is 0 Å². The van der Waals surface area contributed by atoms with Crippen molar-refractivity contribution in [1.82, 2.24) is 10.2 Å². The molecular formula is C19H27N3O2S. The van der Waals surface area contributed by atoms with Gasteiger partial charge in [-0.15, -0.1) is 0 Å². The van der Waals surface area contributed by atoms with Gasteiger partial charge in [0.15, 0.2) is 5.11 Å². The predicted octanol–water partition coefficient (Wildman–Crippen LogP) is 3.42. The van der Waals surface area contributed by atoms with Gasteiger partial charge in [-0.05, 0) is 49.2 Å². The third kappa shape index (κ3) is 5.53. The second kappa shape index (κ2) is 7.95. The van der Waals surface area contributed by atoms with Gasteiger partial charge >= 0.3 is 0 Å². The lowest BCUT2D eigenvalue weighted by molar-refractivity contribution is -0.126. The smallest absolute Gasteiger partial charge is 0.253 e. The van der Waals surface area contributed by atoms with Gasteiger partial charge in [0.05, 0.1) is 0 Å². The van der Waals surface area contributed by atoms with Crippen molar-refractivity contribution in [2.24, 2.45) is 11.3 Å². The Labute approximate surface area is 155 Å². The molecule has 25 heavy (non-hydrogen) atoms. The van der Waals surface area contributed by atoms with Crippen LogP contribution in [0.5, 0.6) is 0 Å². The summed E-state index contributed by atoms with van der Waals surface area (Å²) in [5.74, 6) is 0.570. The summed E-state index contributed by atoms with van der Waals surface area (Å²) in [4.78, 5) is 26.5. The molecule has 136 valence electrons. The topological polar surface area (TPSA) is 61.4 Å². The number of hydrogen-bond donors (Lipinski definition) is 2. The maximum Gasteiger partial charge on any atom is 0.253 e. The summed E-state index contributed by atoms with van der Waals surface area (Å²) in [5, 5.41) is 5.88. The Morgan fingerprint density at radius 2 is 1.84 bits per heavy atom. The first-order valence-corrected chi connectivity index (χ1v) is 9.09. The van der Waals surface area contributed by atoms with Gasteiger partial charge in [-0.2, -0.15) is 0 Å². The number of nitrogens with zero attached hydrogens (tertiary/aromatic N) is 1. The number of carbonyl (C=O) groups is 2. The van der Waals surface area contributed by atoms with Crippen LogP contribution in [-0.2, 0) is 4.79 Å². The van der Waals surface area contributed by atoms with E-state index in [1.54, 1.807) is 6.07 Å². The number of benzene rings is 1. The van der Waals surface area contributed by atoms with Gasteiger partial charge < -0.3 is 15.5 Å². The minimum atomic E-state index is -0.519. The van der Waals surface area contributed by atoms with E-state index < -0.39 is 5.41 Å². The third-order valence-electron chi connectivity index (χ3n) is 4.35. The lowest BCUT2D eigenvalue weighted by atomic mass is 9.96. The lowest BCUT2D eigenvalue weighted by Crippen LogP contribution is -2.41. The lowest BCUT2D eigenvalue weighted by Gasteiger charge is -2.30. The number of piperidine rings is 1. The van der Waals surface area contributed by atoms with Crippen LogP contribution in [0, 0.1) is 11.3 Å². The maximum atomic E-state index is 12.6. The predicted molar refractivity (Wildman–Crippen MR) is 105 cm³/mol. The zero-order chi connectivity index (χ0) is 18.6. The zero-order valence-electron chi connectivity index (χ0n) is 15.4. The number of hydrogen-bond acceptors (Lipinski definition) is 3. The molecule has 5 nitrogen and oxygen atoms in total. The van der Waals surface area contributed by atoms with Crippen molar-refractivity contribution in [3.63, 3.8) is 0 Å². The summed E-state index contributed by atoms with van der Waals surface area (Å²) in [6.45, 7) is 9.30. The average Bonchev–Trinajstić information content (AvgIpc) is 2.54. The fourth-order valence-electron chi connectivity index (χ4n) is 2.58. The quantitative estimate of drug-likeness (QED) is 0.793. The van der Waals surface area contributed by atoms with Crippen molar-refractivity contribution in [2.45, 2.75) is 40.5 Å². The van der Waals surface area contributed by atoms with Gasteiger partial charge in [0, 0.05) is 29.8 Å². The first kappa shape index (κ1) is 19.4. The Morgan fingerprint density at radius 1 is 1.20 bits per heavy atom. The Kier molecular flexibility index (Phi) is 6.16. The summed E-state index contributed by atoms with van der Waals surface area (Å²) in [6.07, 6.45) is 2.10. The number of rotatable bonds is 2. The summed E-state index contributed by atoms with van der Waals surface area (Å²) < 4.78 is 0. The largest absolute Gasteiger partial charge is 0.339 e. The highest BCUT2D eigenvalue weighted by Crippen LogP contribution is 2.20. The van der Waals surface area contributed by atoms with Crippen LogP contribution < -0.4 is 10.6 Å². The van der Waals surface area contributed by atoms with E-state index in [9.17, 15) is 9.59 Å². The first-order valence-electron chi connectivity index (χ1n) is 8.68. The van der Waals surface area contributed by atoms with Crippen molar-refractivity contribution < 1.29 is 9.59 Å². The zero-order valence-corrected chi connectivity index (χ0v) is 16.2. The second-order valence-corrected chi connectivity index (χ2v) is 8.12. The molecule has 0 atom stereocenters. The van der Waals surface area contributed by atoms with Gasteiger partial charge in [-0.25, -0.2) is 0 Å². The van der Waals surface area contributed by atoms with Crippen molar-refractivity contribution >= 4 is 34.8 Å². The van der Waals surface area contributed by atoms with E-state index in [2.05, 4.69) is 17.6 Å². The summed E-state index contributed by atoms with van der Waals surface area (Å²) in [5.41, 5.74) is 0.800. The average molecular weight is 362 g/mol. The van der Waals surface area contributed by atoms with Crippen LogP contribution >= 0.6 is 12.2 Å². The highest BCUT2D eigenvalue weighted by atomic mass is 32.1. The molecule has 0 spiro atoms. The van der Waals surface area contributed by atoms with Gasteiger partial charge in [-0.1, -0.05) is 33.8 Å². The molecule has 6 heteroatoms. The third-order valence-corrected chi connectivity index (χ3v) is 4.55. The van der Waals surface area contributed by atoms with Crippen LogP contribution in [0.3, 0.4) is 0 Å². The van der Waals surface area contributed by atoms with E-state index in [0.29, 0.717) is 17.2 Å². The molecule has 0 saturated carbocycles. The van der Waals surface area contributed by atoms with Gasteiger partial charge in [0.1, 0.15) is 0 Å². The molecule has 0 bridgehead atoms. The van der Waals surface area contributed by atoms with Gasteiger partial charge in [0.25, 0.3) is 5.91 Å². The molecule has 0 aromatic heterocycles. The van der Waals surface area contributed by atoms with Crippen LogP contribution in [-0.4, -0.2) is 34.9 Å². The van der Waals surface area contributed by atoms with Crippen LogP contribution in [0.2, 0.25) is 0 Å². The Hall–Kier alpha value is -1.95. The molecule has 0 unspecified atom stereocenters. The van der Waals surface area contributed by atoms with E-state index in [1.165, 1.54) is 0 Å². The summed E-state index contributed by atoms with van der Waals surface area (Å²) in [7, 11) is 0. The van der Waals surface area contributed by atoms with E-state index >= 15 is 0 Å². The minimum absolute atomic E-state index is 0.0418. The molecule has 1 aliphatic rings. The SMILES string of the molecule is CC1CCN(C(=O)c2cccc(NC(=S)NC(=O)C(C)(C)C)c2)CC1. The van der Waals surface area contributed by atoms with Crippen molar-refractivity contribution in [1.29, 1.82) is 0 Å². The number of amides is 2. The molecule has 1 fully saturated rings. The molecule has 1 aromatic rings. The van der Waals surface area contributed by atoms with E-state index in [1.807, 2.05) is 43.9 Å². The Bertz CT molecular complexity index is 659. The molecular weight excluding hydrogens is 334 g/mol. The standard InChI is InChI=1S/C19H27N3O2S/c1-13-8-10-22(11-9-13)16(23)14-6-5-7-15(12-14)20-18(25)21-17(24)19(2,3)4/h5-7,12-13H,8-11H2,1-4H3,(H2,20,21,24,25). The number of anilines is 1. The molecule has 2 amide bonds. The molecule has 1 aliphatic heterocycles. The van der Waals surface area contributed by atoms with Crippen molar-refractivity contribution in [3.05, 3.63) is 29.8 Å². The molecule has 1 aromatic carbocycles. The highest BCUT2D eigenvalue weighted by Gasteiger charge is 2.23. The van der Waals surface area contributed by atoms with Crippen LogP contribution in [0.4, 0.5) is 5.69 Å². The number of thiocarbonyl (C=S) groups is 1. The molecule has 2 N–H and O–H groups in total. The monoisotopic (exact) mass is 361 g/mol. The minimum Gasteiger partial charge on any atom is -0.339 e. The Balaban J connectivity index is 2.00. The van der Waals surface area contributed by atoms with E-state index in [0.717, 1.165) is 25.9 Å². The van der Waals surface area contributed by atoms with Gasteiger partial charge in [-0.3, -0.25) is 9.59 Å². The molecule has 0 radical (unpaired) electrons. The molecule has 1 saturated heterocycles. The number of nitrogens with one attached hydrogen (secondary N) is 2. The molecule has 1 heterocycles.